The highest BCUT2D eigenvalue weighted by Crippen LogP contribution is 2.50. The van der Waals surface area contributed by atoms with Crippen molar-refractivity contribution in [3.63, 3.8) is 0 Å². The Bertz CT molecular complexity index is 485. The number of nitrogens with zero attached hydrogens (tertiary/aromatic N) is 1. The zero-order valence-corrected chi connectivity index (χ0v) is 9.65. The smallest absolute Gasteiger partial charge is 0.122 e. The molecule has 1 unspecified atom stereocenters. The SMILES string of the molecule is N#CC1(C(O)c2ccc3c(c2)CCO3)CCC1. The number of benzene rings is 1. The molecule has 0 amide bonds. The van der Waals surface area contributed by atoms with Gasteiger partial charge in [0.15, 0.2) is 0 Å². The highest BCUT2D eigenvalue weighted by atomic mass is 16.5. The molecule has 3 nitrogen and oxygen atoms in total. The molecule has 0 spiro atoms. The Hall–Kier alpha value is -1.53. The predicted octanol–water partition coefficient (Wildman–Crippen LogP) is 2.35. The third-order valence-corrected chi connectivity index (χ3v) is 4.02. The Kier molecular flexibility index (Phi) is 2.34. The van der Waals surface area contributed by atoms with Crippen molar-refractivity contribution in [2.24, 2.45) is 5.41 Å². The molecule has 1 aliphatic carbocycles. The highest BCUT2D eigenvalue weighted by molar-refractivity contribution is 5.41. The summed E-state index contributed by atoms with van der Waals surface area (Å²) in [5.74, 6) is 0.917. The number of nitriles is 1. The van der Waals surface area contributed by atoms with Crippen LogP contribution in [-0.4, -0.2) is 11.7 Å². The van der Waals surface area contributed by atoms with E-state index in [9.17, 15) is 10.4 Å². The molecule has 1 heterocycles. The summed E-state index contributed by atoms with van der Waals surface area (Å²) in [6.07, 6.45) is 2.89. The van der Waals surface area contributed by atoms with E-state index in [0.29, 0.717) is 0 Å². The molecular weight excluding hydrogens is 214 g/mol. The van der Waals surface area contributed by atoms with Gasteiger partial charge in [0.1, 0.15) is 5.75 Å². The summed E-state index contributed by atoms with van der Waals surface area (Å²) >= 11 is 0. The van der Waals surface area contributed by atoms with Crippen molar-refractivity contribution >= 4 is 0 Å². The lowest BCUT2D eigenvalue weighted by Crippen LogP contribution is -2.34. The van der Waals surface area contributed by atoms with Crippen molar-refractivity contribution in [1.29, 1.82) is 5.26 Å². The van der Waals surface area contributed by atoms with Gasteiger partial charge in [-0.15, -0.1) is 0 Å². The fourth-order valence-electron chi connectivity index (χ4n) is 2.70. The van der Waals surface area contributed by atoms with Gasteiger partial charge in [-0.05, 0) is 36.1 Å². The van der Waals surface area contributed by atoms with E-state index >= 15 is 0 Å². The van der Waals surface area contributed by atoms with Crippen molar-refractivity contribution in [1.82, 2.24) is 0 Å². The molecule has 17 heavy (non-hydrogen) atoms. The number of aliphatic hydroxyl groups excluding tert-OH is 1. The van der Waals surface area contributed by atoms with Gasteiger partial charge in [0.05, 0.1) is 24.2 Å². The largest absolute Gasteiger partial charge is 0.493 e. The zero-order chi connectivity index (χ0) is 11.9. The molecule has 1 saturated carbocycles. The minimum Gasteiger partial charge on any atom is -0.493 e. The number of hydrogen-bond acceptors (Lipinski definition) is 3. The summed E-state index contributed by atoms with van der Waals surface area (Å²) < 4.78 is 5.44. The lowest BCUT2D eigenvalue weighted by molar-refractivity contribution is 0.00791. The van der Waals surface area contributed by atoms with Crippen LogP contribution in [0.15, 0.2) is 18.2 Å². The summed E-state index contributed by atoms with van der Waals surface area (Å²) in [5.41, 5.74) is 1.46. The Labute approximate surface area is 101 Å². The van der Waals surface area contributed by atoms with E-state index in [-0.39, 0.29) is 0 Å². The molecule has 0 aromatic heterocycles. The molecule has 1 aromatic carbocycles. The van der Waals surface area contributed by atoms with Gasteiger partial charge in [0.25, 0.3) is 0 Å². The van der Waals surface area contributed by atoms with Crippen LogP contribution in [0.1, 0.15) is 36.5 Å². The van der Waals surface area contributed by atoms with Crippen LogP contribution in [0.2, 0.25) is 0 Å². The van der Waals surface area contributed by atoms with Gasteiger partial charge < -0.3 is 9.84 Å². The lowest BCUT2D eigenvalue weighted by atomic mass is 9.64. The molecule has 3 heteroatoms. The number of rotatable bonds is 2. The predicted molar refractivity (Wildman–Crippen MR) is 62.5 cm³/mol. The van der Waals surface area contributed by atoms with Crippen LogP contribution in [0.25, 0.3) is 0 Å². The number of fused-ring (bicyclic) bond motifs is 1. The summed E-state index contributed by atoms with van der Waals surface area (Å²) in [4.78, 5) is 0. The maximum Gasteiger partial charge on any atom is 0.122 e. The van der Waals surface area contributed by atoms with E-state index in [4.69, 9.17) is 4.74 Å². The highest BCUT2D eigenvalue weighted by Gasteiger charge is 2.44. The van der Waals surface area contributed by atoms with Gasteiger partial charge in [-0.2, -0.15) is 5.26 Å². The van der Waals surface area contributed by atoms with Crippen LogP contribution in [0.3, 0.4) is 0 Å². The fourth-order valence-corrected chi connectivity index (χ4v) is 2.70. The maximum atomic E-state index is 10.4. The molecule has 1 atom stereocenters. The van der Waals surface area contributed by atoms with E-state index in [2.05, 4.69) is 6.07 Å². The minimum atomic E-state index is -0.660. The first-order chi connectivity index (χ1) is 8.25. The molecule has 88 valence electrons. The second-order valence-electron chi connectivity index (χ2n) is 4.99. The maximum absolute atomic E-state index is 10.4. The summed E-state index contributed by atoms with van der Waals surface area (Å²) in [5, 5.41) is 19.6. The molecule has 0 saturated heterocycles. The Morgan fingerprint density at radius 3 is 2.88 bits per heavy atom. The van der Waals surface area contributed by atoms with Gasteiger partial charge >= 0.3 is 0 Å². The Balaban J connectivity index is 1.92. The molecular formula is C14H15NO2. The quantitative estimate of drug-likeness (QED) is 0.846. The first-order valence-electron chi connectivity index (χ1n) is 6.10. The minimum absolute atomic E-state index is 0.548. The van der Waals surface area contributed by atoms with Gasteiger partial charge in [0, 0.05) is 6.42 Å². The van der Waals surface area contributed by atoms with Gasteiger partial charge in [0.2, 0.25) is 0 Å². The third-order valence-electron chi connectivity index (χ3n) is 4.02. The standard InChI is InChI=1S/C14H15NO2/c15-9-14(5-1-6-14)13(16)11-2-3-12-10(8-11)4-7-17-12/h2-3,8,13,16H,1,4-7H2. The first kappa shape index (κ1) is 10.6. The van der Waals surface area contributed by atoms with Gasteiger partial charge in [-0.25, -0.2) is 0 Å². The average molecular weight is 229 g/mol. The fraction of sp³-hybridized carbons (Fsp3) is 0.500. The van der Waals surface area contributed by atoms with Crippen LogP contribution < -0.4 is 4.74 Å². The average Bonchev–Trinajstić information content (AvgIpc) is 2.74. The van der Waals surface area contributed by atoms with E-state index < -0.39 is 11.5 Å². The van der Waals surface area contributed by atoms with Crippen LogP contribution in [-0.2, 0) is 6.42 Å². The number of hydrogen-bond donors (Lipinski definition) is 1. The third kappa shape index (κ3) is 1.52. The van der Waals surface area contributed by atoms with Crippen molar-refractivity contribution in [2.75, 3.05) is 6.61 Å². The molecule has 1 aliphatic heterocycles. The topological polar surface area (TPSA) is 53.2 Å². The molecule has 2 aliphatic rings. The molecule has 0 bridgehead atoms. The first-order valence-corrected chi connectivity index (χ1v) is 6.10. The van der Waals surface area contributed by atoms with Crippen LogP contribution in [0.4, 0.5) is 0 Å². The molecule has 1 N–H and O–H groups in total. The van der Waals surface area contributed by atoms with Crippen LogP contribution >= 0.6 is 0 Å². The zero-order valence-electron chi connectivity index (χ0n) is 9.65. The number of ether oxygens (including phenoxy) is 1. The Morgan fingerprint density at radius 1 is 1.41 bits per heavy atom. The summed E-state index contributed by atoms with van der Waals surface area (Å²) in [6.45, 7) is 0.721. The van der Waals surface area contributed by atoms with Crippen LogP contribution in [0, 0.1) is 16.7 Å². The van der Waals surface area contributed by atoms with Crippen molar-refractivity contribution in [3.8, 4) is 11.8 Å². The van der Waals surface area contributed by atoms with E-state index in [0.717, 1.165) is 49.2 Å². The molecule has 1 aromatic rings. The van der Waals surface area contributed by atoms with E-state index in [1.165, 1.54) is 0 Å². The van der Waals surface area contributed by atoms with Crippen molar-refractivity contribution < 1.29 is 9.84 Å². The van der Waals surface area contributed by atoms with Crippen molar-refractivity contribution in [2.45, 2.75) is 31.8 Å². The number of aliphatic hydroxyl groups is 1. The van der Waals surface area contributed by atoms with Gasteiger partial charge in [-0.1, -0.05) is 12.5 Å². The molecule has 1 fully saturated rings. The van der Waals surface area contributed by atoms with Crippen molar-refractivity contribution in [3.05, 3.63) is 29.3 Å². The van der Waals surface area contributed by atoms with Gasteiger partial charge in [-0.3, -0.25) is 0 Å². The molecule has 3 rings (SSSR count). The Morgan fingerprint density at radius 2 is 2.24 bits per heavy atom. The van der Waals surface area contributed by atoms with E-state index in [1.54, 1.807) is 0 Å². The summed E-state index contributed by atoms with van der Waals surface area (Å²) in [6, 6.07) is 8.08. The summed E-state index contributed by atoms with van der Waals surface area (Å²) in [7, 11) is 0. The second-order valence-corrected chi connectivity index (χ2v) is 4.99. The van der Waals surface area contributed by atoms with E-state index in [1.807, 2.05) is 18.2 Å². The molecule has 0 radical (unpaired) electrons. The normalized spacial score (nSPS) is 21.9. The lowest BCUT2D eigenvalue weighted by Gasteiger charge is -2.39. The van der Waals surface area contributed by atoms with Crippen LogP contribution in [0.5, 0.6) is 5.75 Å². The second kappa shape index (κ2) is 3.75. The monoisotopic (exact) mass is 229 g/mol.